The van der Waals surface area contributed by atoms with E-state index in [1.165, 1.54) is 72.8 Å². The molecule has 0 radical (unpaired) electrons. The fourth-order valence-corrected chi connectivity index (χ4v) is 14.7. The van der Waals surface area contributed by atoms with Gasteiger partial charge in [-0.2, -0.15) is 130 Å². The van der Waals surface area contributed by atoms with E-state index in [0.717, 1.165) is 34.4 Å². The van der Waals surface area contributed by atoms with Crippen molar-refractivity contribution in [2.45, 2.75) is 60.1 Å². The maximum Gasteiger partial charge on any atom is 0.296 e. The summed E-state index contributed by atoms with van der Waals surface area (Å²) in [5.41, 5.74) is 12.4. The van der Waals surface area contributed by atoms with Gasteiger partial charge in [-0.05, 0) is 292 Å². The van der Waals surface area contributed by atoms with E-state index in [9.17, 15) is 51.9 Å². The van der Waals surface area contributed by atoms with E-state index in [1.807, 2.05) is 69.3 Å². The number of hydrogen-bond donors (Lipinski definition) is 8. The van der Waals surface area contributed by atoms with Crippen molar-refractivity contribution in [3.8, 4) is 0 Å². The largest absolute Gasteiger partial charge is 0.324 e. The monoisotopic (exact) mass is 1840 g/mol. The second-order valence-electron chi connectivity index (χ2n) is 29.0. The summed E-state index contributed by atoms with van der Waals surface area (Å²) < 4.78 is 136. The topological polar surface area (TPSA) is 541 Å². The third kappa shape index (κ3) is 25.1. The Balaban J connectivity index is 0.679. The molecule has 0 unspecified atom stereocenters. The molecule has 0 amide bonds. The van der Waals surface area contributed by atoms with E-state index in [4.69, 9.17) is 29.9 Å². The minimum Gasteiger partial charge on any atom is -0.324 e. The van der Waals surface area contributed by atoms with Crippen molar-refractivity contribution in [1.29, 1.82) is 0 Å². The molecule has 0 saturated carbocycles. The first kappa shape index (κ1) is 90.3. The zero-order valence-corrected chi connectivity index (χ0v) is 72.9. The highest BCUT2D eigenvalue weighted by Crippen LogP contribution is 2.38. The molecule has 42 heteroatoms. The Morgan fingerprint density at radius 1 is 0.227 bits per heavy atom. The fraction of sp³-hybridized carbons (Fsp3) is 0.0667. The predicted molar refractivity (Wildman–Crippen MR) is 494 cm³/mol. The average molecular weight is 1840 g/mol. The number of aromatic nitrogens is 6. The van der Waals surface area contributed by atoms with E-state index in [-0.39, 0.29) is 69.2 Å². The molecule has 0 spiro atoms. The second kappa shape index (κ2) is 40.2. The van der Waals surface area contributed by atoms with E-state index in [1.54, 1.807) is 165 Å². The SMILES string of the molecule is Cc1cc(Cc2nc(Cc3ccc(N=Nc4ccc(N=Nc5ccccc5)cc4S(=O)(=O)O)c(C)c3)nc(Nc3ccc(Nc4nc(Nc5ccc(N=Nc6ccc(N=Nc7ccc(S(=O)(=O)O)cc7)cc6)c(C)c5)nc(Nc5ccc(N=Nc6ccc(N=Nc7ccccc7)cc6S(=O)(=O)O)c(C)c5)n4)cc3)n2)ccc1N=Nc1ccc(N=Nc2ccc(S(=O)(=O)O)cc2)cc1. The standard InChI is InChI=1S/C90H72N26O12S4/c1-55-47-59(15-41-77(55)111-107-67-25-21-65(22-26-67)103-105-69-29-37-75(38-30-69)129(117,118)119)51-85-95-86(52-60-16-42-78(56(2)48-60)113-115-81-45-35-73(53-83(81)131(123,124)125)109-101-63-11-7-5-8-12-63)97-87(96-85)91-61-17-19-62(20-18-61)92-88-98-89(93-71-33-43-79(57(3)49-71)112-108-68-27-23-66(24-28-68)104-106-70-31-39-76(40-32-70)130(120,121)122)100-90(99-88)94-72-34-44-80(58(4)50-72)114-116-82-46-36-74(54-84(82)132(126,127)128)110-102-64-13-9-6-10-14-64/h5-50,53-54H,51-52H2,1-4H3,(H,117,118,119)(H,120,121,122)(H,123,124,125)(H,126,127,128)(H,91,95,96,97)(H3,92,93,94,98,99,100). The maximum atomic E-state index is 12.7. The minimum absolute atomic E-state index is 0.0949. The number of nitrogens with zero attached hydrogens (tertiary/aromatic N) is 22. The van der Waals surface area contributed by atoms with Crippen LogP contribution < -0.4 is 21.3 Å². The Labute approximate surface area is 754 Å². The van der Waals surface area contributed by atoms with E-state index in [2.05, 4.69) is 103 Å². The number of azo groups is 8. The van der Waals surface area contributed by atoms with Gasteiger partial charge in [-0.3, -0.25) is 18.2 Å². The van der Waals surface area contributed by atoms with Crippen molar-refractivity contribution in [2.24, 2.45) is 81.8 Å². The summed E-state index contributed by atoms with van der Waals surface area (Å²) in [5, 5.41) is 81.6. The van der Waals surface area contributed by atoms with Gasteiger partial charge in [0.1, 0.15) is 32.8 Å². The molecule has 0 aliphatic heterocycles. The summed E-state index contributed by atoms with van der Waals surface area (Å²) in [6, 6.07) is 78.6. The van der Waals surface area contributed by atoms with Crippen LogP contribution in [0.5, 0.6) is 0 Å². The fourth-order valence-electron chi connectivity index (χ4n) is 12.5. The molecule has 15 rings (SSSR count). The smallest absolute Gasteiger partial charge is 0.296 e. The van der Waals surface area contributed by atoms with Gasteiger partial charge in [-0.25, -0.2) is 4.98 Å². The summed E-state index contributed by atoms with van der Waals surface area (Å²) in [6.07, 6.45) is 0.469. The predicted octanol–water partition coefficient (Wildman–Crippen LogP) is 25.8. The molecule has 0 saturated heterocycles. The van der Waals surface area contributed by atoms with Crippen molar-refractivity contribution in [3.05, 3.63) is 336 Å². The van der Waals surface area contributed by atoms with Crippen LogP contribution in [0.4, 0.5) is 138 Å². The minimum atomic E-state index is -4.80. The third-order valence-corrected chi connectivity index (χ3v) is 22.5. The Kier molecular flexibility index (Phi) is 27.5. The van der Waals surface area contributed by atoms with Gasteiger partial charge in [-0.15, -0.1) is 10.2 Å². The molecule has 2 heterocycles. The Hall–Kier alpha value is -16.5. The molecule has 658 valence electrons. The van der Waals surface area contributed by atoms with Crippen LogP contribution in [-0.2, 0) is 53.3 Å². The van der Waals surface area contributed by atoms with Crippen LogP contribution in [0.25, 0.3) is 0 Å². The zero-order valence-electron chi connectivity index (χ0n) is 69.7. The van der Waals surface area contributed by atoms with Gasteiger partial charge in [0, 0.05) is 35.6 Å². The van der Waals surface area contributed by atoms with Crippen LogP contribution in [0.15, 0.2) is 393 Å². The highest BCUT2D eigenvalue weighted by atomic mass is 32.2. The lowest BCUT2D eigenvalue weighted by Gasteiger charge is -2.13. The van der Waals surface area contributed by atoms with Crippen molar-refractivity contribution >= 4 is 178 Å². The summed E-state index contributed by atoms with van der Waals surface area (Å²) in [6.45, 7) is 7.35. The first-order chi connectivity index (χ1) is 63.4. The molecule has 2 aromatic heterocycles. The van der Waals surface area contributed by atoms with Crippen LogP contribution in [0.1, 0.15) is 45.0 Å². The summed E-state index contributed by atoms with van der Waals surface area (Å²) in [5.74, 6) is 1.34. The molecule has 15 aromatic rings. The summed E-state index contributed by atoms with van der Waals surface area (Å²) in [7, 11) is -18.3. The van der Waals surface area contributed by atoms with Crippen LogP contribution in [0.2, 0.25) is 0 Å². The van der Waals surface area contributed by atoms with Crippen LogP contribution in [0, 0.1) is 27.7 Å². The van der Waals surface area contributed by atoms with Gasteiger partial charge in [0.05, 0.1) is 89.4 Å². The quantitative estimate of drug-likeness (QED) is 0.0143. The molecule has 38 nitrogen and oxygen atoms in total. The highest BCUT2D eigenvalue weighted by Gasteiger charge is 2.22. The summed E-state index contributed by atoms with van der Waals surface area (Å²) >= 11 is 0. The Morgan fingerprint density at radius 2 is 0.470 bits per heavy atom. The highest BCUT2D eigenvalue weighted by molar-refractivity contribution is 7.86. The van der Waals surface area contributed by atoms with Gasteiger partial charge in [0.2, 0.25) is 23.8 Å². The van der Waals surface area contributed by atoms with Gasteiger partial charge in [0.15, 0.2) is 0 Å². The van der Waals surface area contributed by atoms with E-state index >= 15 is 0 Å². The van der Waals surface area contributed by atoms with Gasteiger partial charge in [-0.1, -0.05) is 60.7 Å². The lowest BCUT2D eigenvalue weighted by molar-refractivity contribution is 0.481. The Bertz CT molecular complexity index is 7160. The first-order valence-electron chi connectivity index (χ1n) is 39.5. The number of hydrogen-bond acceptors (Lipinski definition) is 34. The van der Waals surface area contributed by atoms with Crippen molar-refractivity contribution in [2.75, 3.05) is 21.3 Å². The molecule has 0 aliphatic carbocycles. The molecule has 0 atom stereocenters. The molecular weight excluding hydrogens is 1770 g/mol. The van der Waals surface area contributed by atoms with Gasteiger partial charge >= 0.3 is 0 Å². The maximum absolute atomic E-state index is 12.7. The molecule has 0 bridgehead atoms. The van der Waals surface area contributed by atoms with E-state index < -0.39 is 50.3 Å². The lowest BCUT2D eigenvalue weighted by Crippen LogP contribution is -2.09. The lowest BCUT2D eigenvalue weighted by atomic mass is 10.1. The average Bonchev–Trinajstić information content (AvgIpc) is 0.815. The number of benzene rings is 13. The molecule has 132 heavy (non-hydrogen) atoms. The number of nitrogens with one attached hydrogen (secondary N) is 4. The van der Waals surface area contributed by atoms with Crippen molar-refractivity contribution in [3.63, 3.8) is 0 Å². The van der Waals surface area contributed by atoms with Crippen molar-refractivity contribution < 1.29 is 51.9 Å². The molecule has 0 aliphatic rings. The summed E-state index contributed by atoms with van der Waals surface area (Å²) in [4.78, 5) is 27.6. The van der Waals surface area contributed by atoms with Crippen LogP contribution in [-0.4, -0.2) is 81.8 Å². The Morgan fingerprint density at radius 3 is 0.780 bits per heavy atom. The molecule has 8 N–H and O–H groups in total. The zero-order chi connectivity index (χ0) is 92.5. The van der Waals surface area contributed by atoms with Crippen molar-refractivity contribution in [1.82, 2.24) is 29.9 Å². The second-order valence-corrected chi connectivity index (χ2v) is 34.6. The number of rotatable bonds is 32. The van der Waals surface area contributed by atoms with Gasteiger partial charge in [0.25, 0.3) is 40.5 Å². The molecule has 0 fully saturated rings. The van der Waals surface area contributed by atoms with Crippen LogP contribution >= 0.6 is 0 Å². The first-order valence-corrected chi connectivity index (χ1v) is 45.3. The number of anilines is 8. The molecular formula is C90H72N26O12S4. The van der Waals surface area contributed by atoms with Crippen LogP contribution in [0.3, 0.4) is 0 Å². The molecule has 13 aromatic carbocycles. The number of aryl methyl sites for hydroxylation is 4. The van der Waals surface area contributed by atoms with Gasteiger partial charge < -0.3 is 21.3 Å². The van der Waals surface area contributed by atoms with E-state index in [0.29, 0.717) is 114 Å². The third-order valence-electron chi connectivity index (χ3n) is 19.0. The normalized spacial score (nSPS) is 12.3.